The predicted octanol–water partition coefficient (Wildman–Crippen LogP) is 3.24. The zero-order valence-electron chi connectivity index (χ0n) is 13.8. The molecular formula is C19H19ClN4O. The number of anilines is 1. The summed E-state index contributed by atoms with van der Waals surface area (Å²) in [6, 6.07) is 14.9. The number of rotatable bonds is 6. The molecule has 4 N–H and O–H groups in total. The van der Waals surface area contributed by atoms with E-state index in [-0.39, 0.29) is 5.57 Å². The molecule has 0 aromatic heterocycles. The van der Waals surface area contributed by atoms with Crippen molar-refractivity contribution in [3.8, 4) is 6.07 Å². The molecule has 0 saturated heterocycles. The van der Waals surface area contributed by atoms with Crippen LogP contribution in [0.5, 0.6) is 0 Å². The molecule has 25 heavy (non-hydrogen) atoms. The number of nitriles is 1. The van der Waals surface area contributed by atoms with Crippen molar-refractivity contribution in [2.24, 2.45) is 5.73 Å². The first kappa shape index (κ1) is 18.5. The van der Waals surface area contributed by atoms with Gasteiger partial charge in [-0.3, -0.25) is 4.79 Å². The number of hydrogen-bond acceptors (Lipinski definition) is 4. The third-order valence-corrected chi connectivity index (χ3v) is 4.07. The highest BCUT2D eigenvalue weighted by Crippen LogP contribution is 2.23. The Balaban J connectivity index is 2.02. The number of hydrogen-bond donors (Lipinski definition) is 3. The quantitative estimate of drug-likeness (QED) is 0.548. The van der Waals surface area contributed by atoms with Gasteiger partial charge in [0.05, 0.1) is 0 Å². The number of carbonyl (C=O) groups excluding carboxylic acids is 1. The Morgan fingerprint density at radius 2 is 2.00 bits per heavy atom. The van der Waals surface area contributed by atoms with E-state index < -0.39 is 5.91 Å². The van der Waals surface area contributed by atoms with Crippen LogP contribution in [0.1, 0.15) is 16.7 Å². The van der Waals surface area contributed by atoms with Gasteiger partial charge in [0.2, 0.25) is 0 Å². The van der Waals surface area contributed by atoms with Crippen LogP contribution >= 0.6 is 11.6 Å². The number of nitrogens with one attached hydrogen (secondary N) is 2. The second-order valence-corrected chi connectivity index (χ2v) is 5.85. The highest BCUT2D eigenvalue weighted by Gasteiger charge is 2.11. The van der Waals surface area contributed by atoms with Gasteiger partial charge in [0.15, 0.2) is 0 Å². The molecule has 0 fully saturated rings. The largest absolute Gasteiger partial charge is 0.386 e. The van der Waals surface area contributed by atoms with Crippen LogP contribution in [0.25, 0.3) is 0 Å². The zero-order chi connectivity index (χ0) is 18.2. The van der Waals surface area contributed by atoms with Gasteiger partial charge in [0.25, 0.3) is 5.91 Å². The number of nitrogens with two attached hydrogens (primary N) is 1. The van der Waals surface area contributed by atoms with E-state index in [2.05, 4.69) is 10.6 Å². The van der Waals surface area contributed by atoms with Gasteiger partial charge in [-0.05, 0) is 35.7 Å². The van der Waals surface area contributed by atoms with E-state index in [1.54, 1.807) is 25.1 Å². The molecule has 0 bridgehead atoms. The minimum atomic E-state index is -0.490. The molecule has 0 spiro atoms. The fraction of sp³-hybridized carbons (Fsp3) is 0.158. The molecule has 128 valence electrons. The number of amides is 1. The van der Waals surface area contributed by atoms with Gasteiger partial charge in [-0.1, -0.05) is 41.9 Å². The van der Waals surface area contributed by atoms with E-state index in [9.17, 15) is 10.1 Å². The zero-order valence-corrected chi connectivity index (χ0v) is 14.6. The minimum absolute atomic E-state index is 0.0191. The molecule has 2 aromatic rings. The van der Waals surface area contributed by atoms with E-state index in [0.29, 0.717) is 23.8 Å². The monoisotopic (exact) mass is 354 g/mol. The maximum atomic E-state index is 12.2. The summed E-state index contributed by atoms with van der Waals surface area (Å²) in [5, 5.41) is 15.5. The van der Waals surface area contributed by atoms with Crippen molar-refractivity contribution >= 4 is 23.2 Å². The molecule has 0 radical (unpaired) electrons. The summed E-state index contributed by atoms with van der Waals surface area (Å²) >= 11 is 6.03. The SMILES string of the molecule is Cc1c(Cl)cccc1NC(=O)/C(C#N)=C\NCc1cccc(CN)c1. The lowest BCUT2D eigenvalue weighted by molar-refractivity contribution is -0.112. The lowest BCUT2D eigenvalue weighted by Crippen LogP contribution is -2.17. The van der Waals surface area contributed by atoms with Crippen LogP contribution in [0, 0.1) is 18.3 Å². The molecule has 0 aliphatic rings. The number of benzene rings is 2. The van der Waals surface area contributed by atoms with Crippen LogP contribution < -0.4 is 16.4 Å². The fourth-order valence-electron chi connectivity index (χ4n) is 2.22. The number of carbonyl (C=O) groups is 1. The van der Waals surface area contributed by atoms with Crippen LogP contribution in [-0.4, -0.2) is 5.91 Å². The Morgan fingerprint density at radius 1 is 1.28 bits per heavy atom. The minimum Gasteiger partial charge on any atom is -0.386 e. The summed E-state index contributed by atoms with van der Waals surface area (Å²) in [5.41, 5.74) is 8.97. The molecule has 0 saturated carbocycles. The average molecular weight is 355 g/mol. The third-order valence-electron chi connectivity index (χ3n) is 3.66. The second-order valence-electron chi connectivity index (χ2n) is 5.44. The van der Waals surface area contributed by atoms with Crippen molar-refractivity contribution in [3.63, 3.8) is 0 Å². The molecule has 0 aliphatic carbocycles. The summed E-state index contributed by atoms with van der Waals surface area (Å²) < 4.78 is 0. The molecule has 5 nitrogen and oxygen atoms in total. The van der Waals surface area contributed by atoms with Crippen molar-refractivity contribution in [3.05, 3.63) is 76.0 Å². The van der Waals surface area contributed by atoms with E-state index in [1.165, 1.54) is 6.20 Å². The van der Waals surface area contributed by atoms with E-state index >= 15 is 0 Å². The first-order valence-electron chi connectivity index (χ1n) is 7.73. The summed E-state index contributed by atoms with van der Waals surface area (Å²) in [4.78, 5) is 12.2. The molecule has 2 aromatic carbocycles. The van der Waals surface area contributed by atoms with Gasteiger partial charge in [-0.15, -0.1) is 0 Å². The Hall–Kier alpha value is -2.81. The van der Waals surface area contributed by atoms with Crippen LogP contribution in [-0.2, 0) is 17.9 Å². The van der Waals surface area contributed by atoms with Crippen molar-refractivity contribution in [1.82, 2.24) is 5.32 Å². The van der Waals surface area contributed by atoms with E-state index in [0.717, 1.165) is 16.7 Å². The lowest BCUT2D eigenvalue weighted by Gasteiger charge is -2.09. The normalized spacial score (nSPS) is 10.9. The Kier molecular flexibility index (Phi) is 6.58. The molecule has 0 aliphatic heterocycles. The lowest BCUT2D eigenvalue weighted by atomic mass is 10.1. The first-order valence-corrected chi connectivity index (χ1v) is 8.11. The van der Waals surface area contributed by atoms with Crippen molar-refractivity contribution in [2.45, 2.75) is 20.0 Å². The summed E-state index contributed by atoms with van der Waals surface area (Å²) in [6.07, 6.45) is 1.41. The van der Waals surface area contributed by atoms with Crippen LogP contribution in [0.2, 0.25) is 5.02 Å². The van der Waals surface area contributed by atoms with Crippen LogP contribution in [0.4, 0.5) is 5.69 Å². The molecular weight excluding hydrogens is 336 g/mol. The standard InChI is InChI=1S/C19H19ClN4O/c1-13-17(20)6-3-7-18(13)24-19(25)16(10-22)12-23-11-15-5-2-4-14(8-15)9-21/h2-8,12,23H,9,11,21H2,1H3,(H,24,25)/b16-12-. The van der Waals surface area contributed by atoms with Crippen molar-refractivity contribution < 1.29 is 4.79 Å². The van der Waals surface area contributed by atoms with Gasteiger partial charge in [0, 0.05) is 30.0 Å². The second kappa shape index (κ2) is 8.88. The van der Waals surface area contributed by atoms with Gasteiger partial charge in [-0.2, -0.15) is 5.26 Å². The van der Waals surface area contributed by atoms with Gasteiger partial charge in [0.1, 0.15) is 11.6 Å². The molecule has 6 heteroatoms. The smallest absolute Gasteiger partial charge is 0.267 e. The Labute approximate surface area is 152 Å². The summed E-state index contributed by atoms with van der Waals surface area (Å²) in [7, 11) is 0. The predicted molar refractivity (Wildman–Crippen MR) is 99.7 cm³/mol. The van der Waals surface area contributed by atoms with Gasteiger partial charge < -0.3 is 16.4 Å². The number of halogens is 1. The first-order chi connectivity index (χ1) is 12.0. The molecule has 1 amide bonds. The maximum absolute atomic E-state index is 12.2. The number of nitrogens with zero attached hydrogens (tertiary/aromatic N) is 1. The average Bonchev–Trinajstić information content (AvgIpc) is 2.62. The summed E-state index contributed by atoms with van der Waals surface area (Å²) in [6.45, 7) is 2.76. The fourth-order valence-corrected chi connectivity index (χ4v) is 2.39. The molecule has 2 rings (SSSR count). The highest BCUT2D eigenvalue weighted by molar-refractivity contribution is 6.31. The Morgan fingerprint density at radius 3 is 2.72 bits per heavy atom. The van der Waals surface area contributed by atoms with Crippen molar-refractivity contribution in [1.29, 1.82) is 5.26 Å². The highest BCUT2D eigenvalue weighted by atomic mass is 35.5. The summed E-state index contributed by atoms with van der Waals surface area (Å²) in [5.74, 6) is -0.490. The van der Waals surface area contributed by atoms with Crippen LogP contribution in [0.15, 0.2) is 54.2 Å². The topological polar surface area (TPSA) is 90.9 Å². The van der Waals surface area contributed by atoms with Crippen molar-refractivity contribution in [2.75, 3.05) is 5.32 Å². The van der Waals surface area contributed by atoms with E-state index in [1.807, 2.05) is 30.3 Å². The Bertz CT molecular complexity index is 840. The van der Waals surface area contributed by atoms with Gasteiger partial charge >= 0.3 is 0 Å². The molecule has 0 atom stereocenters. The van der Waals surface area contributed by atoms with E-state index in [4.69, 9.17) is 17.3 Å². The molecule has 0 unspecified atom stereocenters. The third kappa shape index (κ3) is 5.08. The van der Waals surface area contributed by atoms with Crippen LogP contribution in [0.3, 0.4) is 0 Å². The maximum Gasteiger partial charge on any atom is 0.267 e. The molecule has 0 heterocycles. The van der Waals surface area contributed by atoms with Gasteiger partial charge in [-0.25, -0.2) is 0 Å².